The van der Waals surface area contributed by atoms with Crippen LogP contribution < -0.4 is 10.3 Å². The number of rotatable bonds is 6. The summed E-state index contributed by atoms with van der Waals surface area (Å²) in [4.78, 5) is 18.0. The molecule has 1 N–H and O–H groups in total. The molecule has 0 amide bonds. The molecule has 0 aliphatic carbocycles. The van der Waals surface area contributed by atoms with Gasteiger partial charge in [-0.2, -0.15) is 9.80 Å². The maximum absolute atomic E-state index is 13.4. The number of nitrogens with one attached hydrogen (secondary N) is 1. The van der Waals surface area contributed by atoms with Crippen molar-refractivity contribution in [1.82, 2.24) is 14.8 Å². The molecule has 2 heterocycles. The highest BCUT2D eigenvalue weighted by Gasteiger charge is 2.19. The van der Waals surface area contributed by atoms with Gasteiger partial charge in [0.2, 0.25) is 5.13 Å². The van der Waals surface area contributed by atoms with Crippen molar-refractivity contribution in [2.45, 2.75) is 0 Å². The zero-order valence-electron chi connectivity index (χ0n) is 17.7. The summed E-state index contributed by atoms with van der Waals surface area (Å²) in [7, 11) is 1.60. The Bertz CT molecular complexity index is 1450. The van der Waals surface area contributed by atoms with Crippen molar-refractivity contribution in [3.63, 3.8) is 0 Å². The molecule has 5 aromatic rings. The Morgan fingerprint density at radius 2 is 1.55 bits per heavy atom. The van der Waals surface area contributed by atoms with Crippen LogP contribution in [0, 0.1) is 0 Å². The number of hydrogen-bond donors (Lipinski definition) is 1. The van der Waals surface area contributed by atoms with Gasteiger partial charge in [0.1, 0.15) is 5.75 Å². The van der Waals surface area contributed by atoms with Gasteiger partial charge in [0.15, 0.2) is 5.69 Å². The van der Waals surface area contributed by atoms with Crippen LogP contribution in [0.2, 0.25) is 0 Å². The first-order valence-electron chi connectivity index (χ1n) is 10.2. The second kappa shape index (κ2) is 9.05. The van der Waals surface area contributed by atoms with Crippen molar-refractivity contribution in [2.24, 2.45) is 10.2 Å². The average molecular weight is 454 g/mol. The standard InChI is InChI=1S/C25H19N5O2S/c1-32-20-14-12-19(13-15-20)27-28-23-22(18-10-6-3-7-11-18)29-30(24(23)31)25-26-21(16-33-25)17-8-4-2-5-9-17/h2-16,29H,1H3. The SMILES string of the molecule is COc1ccc(N=Nc2c(-c3ccccc3)[nH]n(-c3nc(-c4ccccc4)cs3)c2=O)cc1. The first kappa shape index (κ1) is 20.6. The van der Waals surface area contributed by atoms with E-state index in [9.17, 15) is 4.79 Å². The van der Waals surface area contributed by atoms with Crippen molar-refractivity contribution in [2.75, 3.05) is 7.11 Å². The predicted molar refractivity (Wildman–Crippen MR) is 130 cm³/mol. The van der Waals surface area contributed by atoms with E-state index >= 15 is 0 Å². The van der Waals surface area contributed by atoms with Gasteiger partial charge < -0.3 is 4.74 Å². The minimum atomic E-state index is -0.319. The summed E-state index contributed by atoms with van der Waals surface area (Å²) in [6.07, 6.45) is 0. The molecule has 7 nitrogen and oxygen atoms in total. The van der Waals surface area contributed by atoms with Gasteiger partial charge in [-0.15, -0.1) is 16.5 Å². The molecule has 5 rings (SSSR count). The quantitative estimate of drug-likeness (QED) is 0.303. The van der Waals surface area contributed by atoms with Crippen LogP contribution >= 0.6 is 11.3 Å². The molecule has 0 atom stereocenters. The third-order valence-electron chi connectivity index (χ3n) is 5.02. The van der Waals surface area contributed by atoms with Gasteiger partial charge in [-0.3, -0.25) is 9.89 Å². The van der Waals surface area contributed by atoms with Crippen LogP contribution in [0.1, 0.15) is 0 Å². The first-order valence-corrected chi connectivity index (χ1v) is 11.1. The largest absolute Gasteiger partial charge is 0.497 e. The summed E-state index contributed by atoms with van der Waals surface area (Å²) in [6, 6.07) is 26.6. The van der Waals surface area contributed by atoms with Crippen LogP contribution in [0.15, 0.2) is 105 Å². The number of thiazole rings is 1. The minimum Gasteiger partial charge on any atom is -0.497 e. The van der Waals surface area contributed by atoms with Crippen LogP contribution in [-0.2, 0) is 0 Å². The topological polar surface area (TPSA) is 84.6 Å². The summed E-state index contributed by atoms with van der Waals surface area (Å²) < 4.78 is 6.60. The molecule has 0 bridgehead atoms. The number of nitrogens with zero attached hydrogens (tertiary/aromatic N) is 4. The fourth-order valence-electron chi connectivity index (χ4n) is 3.33. The summed E-state index contributed by atoms with van der Waals surface area (Å²) in [5.74, 6) is 0.723. The smallest absolute Gasteiger partial charge is 0.301 e. The Labute approximate surface area is 193 Å². The van der Waals surface area contributed by atoms with Gasteiger partial charge in [0.25, 0.3) is 0 Å². The second-order valence-corrected chi connectivity index (χ2v) is 7.96. The Kier molecular flexibility index (Phi) is 5.65. The van der Waals surface area contributed by atoms with Gasteiger partial charge in [0.05, 0.1) is 24.2 Å². The Morgan fingerprint density at radius 1 is 0.879 bits per heavy atom. The molecular formula is C25H19N5O2S. The molecule has 33 heavy (non-hydrogen) atoms. The van der Waals surface area contributed by atoms with E-state index in [4.69, 9.17) is 4.74 Å². The van der Waals surface area contributed by atoms with E-state index in [0.29, 0.717) is 16.5 Å². The van der Waals surface area contributed by atoms with Gasteiger partial charge in [-0.05, 0) is 24.3 Å². The predicted octanol–water partition coefficient (Wildman–Crippen LogP) is 6.38. The Hall–Kier alpha value is -4.30. The lowest BCUT2D eigenvalue weighted by Crippen LogP contribution is -2.13. The zero-order valence-corrected chi connectivity index (χ0v) is 18.5. The van der Waals surface area contributed by atoms with E-state index in [1.54, 1.807) is 31.4 Å². The van der Waals surface area contributed by atoms with E-state index in [1.165, 1.54) is 16.0 Å². The molecule has 0 aliphatic rings. The number of azo groups is 1. The summed E-state index contributed by atoms with van der Waals surface area (Å²) in [5.41, 5.74) is 3.71. The van der Waals surface area contributed by atoms with E-state index < -0.39 is 0 Å². The van der Waals surface area contributed by atoms with Crippen LogP contribution in [0.4, 0.5) is 11.4 Å². The average Bonchev–Trinajstić information content (AvgIpc) is 3.49. The van der Waals surface area contributed by atoms with Crippen LogP contribution in [0.5, 0.6) is 5.75 Å². The maximum atomic E-state index is 13.4. The zero-order chi connectivity index (χ0) is 22.6. The highest BCUT2D eigenvalue weighted by molar-refractivity contribution is 7.12. The summed E-state index contributed by atoms with van der Waals surface area (Å²) in [5, 5.41) is 14.2. The molecule has 162 valence electrons. The molecule has 2 aromatic heterocycles. The molecule has 8 heteroatoms. The van der Waals surface area contributed by atoms with E-state index in [-0.39, 0.29) is 11.2 Å². The van der Waals surface area contributed by atoms with Crippen molar-refractivity contribution in [1.29, 1.82) is 0 Å². The molecule has 0 saturated carbocycles. The highest BCUT2D eigenvalue weighted by atomic mass is 32.1. The van der Waals surface area contributed by atoms with Crippen molar-refractivity contribution in [3.8, 4) is 33.4 Å². The minimum absolute atomic E-state index is 0.216. The molecule has 0 saturated heterocycles. The Morgan fingerprint density at radius 3 is 2.21 bits per heavy atom. The van der Waals surface area contributed by atoms with Gasteiger partial charge in [-0.25, -0.2) is 4.98 Å². The van der Waals surface area contributed by atoms with Gasteiger partial charge in [0, 0.05) is 16.5 Å². The number of hydrogen-bond acceptors (Lipinski definition) is 6. The first-order chi connectivity index (χ1) is 16.2. The lowest BCUT2D eigenvalue weighted by atomic mass is 10.1. The number of methoxy groups -OCH3 is 1. The Balaban J connectivity index is 1.58. The summed E-state index contributed by atoms with van der Waals surface area (Å²) in [6.45, 7) is 0. The molecule has 3 aromatic carbocycles. The number of aromatic nitrogens is 3. The van der Waals surface area contributed by atoms with Crippen LogP contribution in [0.25, 0.3) is 27.6 Å². The van der Waals surface area contributed by atoms with Gasteiger partial charge in [-0.1, -0.05) is 60.7 Å². The van der Waals surface area contributed by atoms with E-state index in [1.807, 2.05) is 66.0 Å². The number of aromatic amines is 1. The highest BCUT2D eigenvalue weighted by Crippen LogP contribution is 2.30. The van der Waals surface area contributed by atoms with Crippen molar-refractivity contribution >= 4 is 22.7 Å². The van der Waals surface area contributed by atoms with Crippen molar-refractivity contribution < 1.29 is 4.74 Å². The van der Waals surface area contributed by atoms with Crippen LogP contribution in [0.3, 0.4) is 0 Å². The van der Waals surface area contributed by atoms with Crippen LogP contribution in [-0.4, -0.2) is 21.9 Å². The molecule has 0 radical (unpaired) electrons. The fraction of sp³-hybridized carbons (Fsp3) is 0.0400. The van der Waals surface area contributed by atoms with E-state index in [0.717, 1.165) is 22.6 Å². The molecule has 0 fully saturated rings. The third-order valence-corrected chi connectivity index (χ3v) is 5.85. The number of benzene rings is 3. The molecular weight excluding hydrogens is 434 g/mol. The number of ether oxygens (including phenoxy) is 1. The molecule has 0 unspecified atom stereocenters. The number of H-pyrrole nitrogens is 1. The monoisotopic (exact) mass is 453 g/mol. The lowest BCUT2D eigenvalue weighted by Gasteiger charge is -1.99. The molecule has 0 spiro atoms. The fourth-order valence-corrected chi connectivity index (χ4v) is 4.12. The normalized spacial score (nSPS) is 11.2. The molecule has 0 aliphatic heterocycles. The summed E-state index contributed by atoms with van der Waals surface area (Å²) >= 11 is 1.38. The maximum Gasteiger partial charge on any atom is 0.301 e. The lowest BCUT2D eigenvalue weighted by molar-refractivity contribution is 0.415. The third kappa shape index (κ3) is 4.24. The van der Waals surface area contributed by atoms with E-state index in [2.05, 4.69) is 20.3 Å². The van der Waals surface area contributed by atoms with Gasteiger partial charge >= 0.3 is 5.56 Å². The second-order valence-electron chi connectivity index (χ2n) is 7.12. The van der Waals surface area contributed by atoms with Crippen molar-refractivity contribution in [3.05, 3.63) is 101 Å².